The number of imidazole rings is 1. The van der Waals surface area contributed by atoms with Crippen LogP contribution in [0.2, 0.25) is 0 Å². The molecule has 1 aliphatic heterocycles. The number of rotatable bonds is 5. The molecule has 27 heavy (non-hydrogen) atoms. The molecule has 8 nitrogen and oxygen atoms in total. The van der Waals surface area contributed by atoms with Gasteiger partial charge in [-0.3, -0.25) is 4.79 Å². The molecule has 1 aromatic carbocycles. The molecule has 2 fully saturated rings. The molecular weight excluding hydrogens is 366 g/mol. The maximum atomic E-state index is 12.9. The van der Waals surface area contributed by atoms with Crippen molar-refractivity contribution in [2.45, 2.75) is 41.0 Å². The number of carbonyl (C=O) groups is 1. The average Bonchev–Trinajstić information content (AvgIpc) is 3.10. The smallest absolute Gasteiger partial charge is 0.238 e. The van der Waals surface area contributed by atoms with E-state index in [0.717, 1.165) is 5.69 Å². The summed E-state index contributed by atoms with van der Waals surface area (Å²) in [5.41, 5.74) is 0.0679. The van der Waals surface area contributed by atoms with Gasteiger partial charge in [0, 0.05) is 24.6 Å². The van der Waals surface area contributed by atoms with Gasteiger partial charge in [0.25, 0.3) is 0 Å². The Hall–Kier alpha value is -2.70. The van der Waals surface area contributed by atoms with Crippen molar-refractivity contribution in [2.75, 3.05) is 6.54 Å². The number of carbonyl (C=O) groups excluding carboxylic acids is 1. The molecule has 0 bridgehead atoms. The van der Waals surface area contributed by atoms with E-state index in [1.165, 1.54) is 0 Å². The van der Waals surface area contributed by atoms with Crippen molar-refractivity contribution in [1.82, 2.24) is 20.2 Å². The first kappa shape index (κ1) is 17.7. The van der Waals surface area contributed by atoms with E-state index in [1.54, 1.807) is 47.6 Å². The van der Waals surface area contributed by atoms with Gasteiger partial charge in [0.15, 0.2) is 9.84 Å². The van der Waals surface area contributed by atoms with E-state index in [4.69, 9.17) is 5.26 Å². The van der Waals surface area contributed by atoms with Crippen molar-refractivity contribution in [3.63, 3.8) is 0 Å². The lowest BCUT2D eigenvalue weighted by Crippen LogP contribution is -2.45. The number of amides is 1. The fourth-order valence-corrected chi connectivity index (χ4v) is 4.93. The summed E-state index contributed by atoms with van der Waals surface area (Å²) < 4.78 is 27.6. The molecule has 0 spiro atoms. The topological polar surface area (TPSA) is 117 Å². The second-order valence-electron chi connectivity index (χ2n) is 7.01. The van der Waals surface area contributed by atoms with Gasteiger partial charge < -0.3 is 15.2 Å². The van der Waals surface area contributed by atoms with E-state index in [9.17, 15) is 13.2 Å². The lowest BCUT2D eigenvalue weighted by Gasteiger charge is -2.14. The molecule has 1 aliphatic carbocycles. The number of nitriles is 1. The Kier molecular flexibility index (Phi) is 4.25. The van der Waals surface area contributed by atoms with Crippen molar-refractivity contribution in [1.29, 1.82) is 5.26 Å². The van der Waals surface area contributed by atoms with Crippen LogP contribution in [-0.2, 0) is 14.6 Å². The summed E-state index contributed by atoms with van der Waals surface area (Å²) in [5, 5.41) is 14.1. The molecule has 0 unspecified atom stereocenters. The molecule has 2 N–H and O–H groups in total. The van der Waals surface area contributed by atoms with Crippen molar-refractivity contribution in [3.05, 3.63) is 43.0 Å². The summed E-state index contributed by atoms with van der Waals surface area (Å²) in [5.74, 6) is -0.304. The summed E-state index contributed by atoms with van der Waals surface area (Å²) in [6.45, 7) is 0.212. The quantitative estimate of drug-likeness (QED) is 0.776. The Morgan fingerprint density at radius 1 is 1.33 bits per heavy atom. The van der Waals surface area contributed by atoms with E-state index in [-0.39, 0.29) is 23.8 Å². The second-order valence-corrected chi connectivity index (χ2v) is 9.24. The third-order valence-electron chi connectivity index (χ3n) is 5.14. The first-order chi connectivity index (χ1) is 12.9. The molecule has 2 aliphatic rings. The number of hydrogen-bond donors (Lipinski definition) is 2. The molecule has 2 aromatic rings. The molecule has 1 saturated heterocycles. The summed E-state index contributed by atoms with van der Waals surface area (Å²) in [6, 6.07) is 8.12. The molecule has 1 aromatic heterocycles. The van der Waals surface area contributed by atoms with Gasteiger partial charge in [0.1, 0.15) is 5.54 Å². The van der Waals surface area contributed by atoms with Crippen LogP contribution in [0.25, 0.3) is 5.69 Å². The average molecular weight is 385 g/mol. The fourth-order valence-electron chi connectivity index (χ4n) is 3.26. The predicted octanol–water partition coefficient (Wildman–Crippen LogP) is 0.549. The highest BCUT2D eigenvalue weighted by atomic mass is 32.2. The molecule has 1 saturated carbocycles. The number of nitrogens with one attached hydrogen (secondary N) is 2. The van der Waals surface area contributed by atoms with Crippen LogP contribution in [0.5, 0.6) is 0 Å². The van der Waals surface area contributed by atoms with Crippen molar-refractivity contribution in [3.8, 4) is 11.8 Å². The molecule has 2 heterocycles. The number of benzene rings is 1. The van der Waals surface area contributed by atoms with E-state index < -0.39 is 26.7 Å². The number of hydrogen-bond acceptors (Lipinski definition) is 6. The van der Waals surface area contributed by atoms with Gasteiger partial charge in [-0.25, -0.2) is 13.4 Å². The zero-order valence-corrected chi connectivity index (χ0v) is 15.3. The highest BCUT2D eigenvalue weighted by Gasteiger charge is 2.47. The van der Waals surface area contributed by atoms with Gasteiger partial charge in [-0.15, -0.1) is 0 Å². The van der Waals surface area contributed by atoms with Crippen LogP contribution in [0.1, 0.15) is 19.3 Å². The Morgan fingerprint density at radius 2 is 2.07 bits per heavy atom. The molecule has 140 valence electrons. The van der Waals surface area contributed by atoms with E-state index >= 15 is 0 Å². The van der Waals surface area contributed by atoms with Gasteiger partial charge in [-0.1, -0.05) is 0 Å². The maximum Gasteiger partial charge on any atom is 0.238 e. The fraction of sp³-hybridized carbons (Fsp3) is 0.389. The molecule has 1 amide bonds. The Morgan fingerprint density at radius 3 is 2.67 bits per heavy atom. The summed E-state index contributed by atoms with van der Waals surface area (Å²) in [7, 11) is -3.56. The highest BCUT2D eigenvalue weighted by Crippen LogP contribution is 2.34. The third-order valence-corrected chi connectivity index (χ3v) is 7.31. The standard InChI is InChI=1S/C18H19N5O3S/c19-11-18(5-6-18)22-17(24)16-9-15(10-21-16)27(25,26)14-3-1-13(2-4-14)23-8-7-20-12-23/h1-4,7-8,12,15-16,21H,5-6,9-10H2,(H,22,24)/t15-,16+/m1/s1. The predicted molar refractivity (Wildman–Crippen MR) is 96.7 cm³/mol. The SMILES string of the molecule is N#CC1(NC(=O)[C@@H]2C[C@@H](S(=O)(=O)c3ccc(-n4ccnc4)cc3)CN2)CC1. The van der Waals surface area contributed by atoms with Crippen molar-refractivity contribution in [2.24, 2.45) is 0 Å². The minimum absolute atomic E-state index is 0.193. The van der Waals surface area contributed by atoms with Gasteiger partial charge in [-0.05, 0) is 43.5 Å². The lowest BCUT2D eigenvalue weighted by atomic mass is 10.2. The summed E-state index contributed by atoms with van der Waals surface area (Å²) >= 11 is 0. The van der Waals surface area contributed by atoms with Crippen LogP contribution in [-0.4, -0.2) is 47.3 Å². The van der Waals surface area contributed by atoms with Crippen LogP contribution in [0.4, 0.5) is 0 Å². The summed E-state index contributed by atoms with van der Waals surface area (Å²) in [6.07, 6.45) is 6.56. The molecule has 2 atom stereocenters. The van der Waals surface area contributed by atoms with Crippen LogP contribution in [0.15, 0.2) is 47.9 Å². The highest BCUT2D eigenvalue weighted by molar-refractivity contribution is 7.92. The van der Waals surface area contributed by atoms with Crippen LogP contribution < -0.4 is 10.6 Å². The summed E-state index contributed by atoms with van der Waals surface area (Å²) in [4.78, 5) is 16.5. The molecule has 4 rings (SSSR count). The number of sulfone groups is 1. The Bertz CT molecular complexity index is 989. The molecule has 0 radical (unpaired) electrons. The largest absolute Gasteiger partial charge is 0.336 e. The maximum absolute atomic E-state index is 12.9. The van der Waals surface area contributed by atoms with E-state index in [0.29, 0.717) is 12.8 Å². The minimum atomic E-state index is -3.56. The lowest BCUT2D eigenvalue weighted by molar-refractivity contribution is -0.123. The van der Waals surface area contributed by atoms with E-state index in [2.05, 4.69) is 21.7 Å². The molecular formula is C18H19N5O3S. The van der Waals surface area contributed by atoms with Gasteiger partial charge in [0.2, 0.25) is 5.91 Å². The van der Waals surface area contributed by atoms with Crippen LogP contribution in [0.3, 0.4) is 0 Å². The normalized spacial score (nSPS) is 23.5. The van der Waals surface area contributed by atoms with Crippen LogP contribution >= 0.6 is 0 Å². The van der Waals surface area contributed by atoms with E-state index in [1.807, 2.05) is 0 Å². The molecule has 9 heteroatoms. The Balaban J connectivity index is 1.45. The number of nitrogens with zero attached hydrogens (tertiary/aromatic N) is 3. The Labute approximate surface area is 157 Å². The third kappa shape index (κ3) is 3.34. The zero-order valence-electron chi connectivity index (χ0n) is 14.5. The van der Waals surface area contributed by atoms with Crippen molar-refractivity contribution >= 4 is 15.7 Å². The minimum Gasteiger partial charge on any atom is -0.336 e. The van der Waals surface area contributed by atoms with Gasteiger partial charge in [-0.2, -0.15) is 5.26 Å². The van der Waals surface area contributed by atoms with Gasteiger partial charge in [0.05, 0.1) is 28.6 Å². The first-order valence-electron chi connectivity index (χ1n) is 8.72. The van der Waals surface area contributed by atoms with Gasteiger partial charge >= 0.3 is 0 Å². The second kappa shape index (κ2) is 6.48. The van der Waals surface area contributed by atoms with Crippen LogP contribution in [0, 0.1) is 11.3 Å². The monoisotopic (exact) mass is 385 g/mol. The number of aromatic nitrogens is 2. The van der Waals surface area contributed by atoms with Crippen molar-refractivity contribution < 1.29 is 13.2 Å². The first-order valence-corrected chi connectivity index (χ1v) is 10.3. The zero-order chi connectivity index (χ0) is 19.1.